The quantitative estimate of drug-likeness (QED) is 0.829. The van der Waals surface area contributed by atoms with Crippen molar-refractivity contribution in [2.75, 3.05) is 12.4 Å². The average Bonchev–Trinajstić information content (AvgIpc) is 2.40. The number of amides is 1. The van der Waals surface area contributed by atoms with Crippen molar-refractivity contribution in [1.82, 2.24) is 0 Å². The minimum atomic E-state index is 0.0898. The lowest BCUT2D eigenvalue weighted by atomic mass is 9.86. The minimum absolute atomic E-state index is 0.0898. The molecule has 0 aromatic heterocycles. The highest BCUT2D eigenvalue weighted by atomic mass is 16.5. The van der Waals surface area contributed by atoms with E-state index in [4.69, 9.17) is 4.74 Å². The number of carbonyl (C=O) groups excluding carboxylic acids is 1. The van der Waals surface area contributed by atoms with E-state index in [9.17, 15) is 4.79 Å². The van der Waals surface area contributed by atoms with Crippen LogP contribution in [0.2, 0.25) is 0 Å². The smallest absolute Gasteiger partial charge is 0.227 e. The Kier molecular flexibility index (Phi) is 4.03. The Balaban J connectivity index is 2.00. The van der Waals surface area contributed by atoms with Crippen LogP contribution in [-0.4, -0.2) is 13.0 Å². The van der Waals surface area contributed by atoms with Gasteiger partial charge >= 0.3 is 0 Å². The standard InChI is InChI=1S/C15H19NO2/c1-11-7-9-12(10-8-11)15(17)16-13-5-3-4-6-14(13)18-2/h3-6,12H,1,7-10H2,2H3,(H,16,17). The summed E-state index contributed by atoms with van der Waals surface area (Å²) >= 11 is 0. The molecule has 0 aliphatic heterocycles. The molecule has 1 saturated carbocycles. The lowest BCUT2D eigenvalue weighted by Crippen LogP contribution is -2.25. The molecule has 1 aliphatic carbocycles. The molecule has 3 heteroatoms. The Morgan fingerprint density at radius 3 is 2.67 bits per heavy atom. The molecule has 3 nitrogen and oxygen atoms in total. The third kappa shape index (κ3) is 2.92. The van der Waals surface area contributed by atoms with E-state index in [1.54, 1.807) is 7.11 Å². The summed E-state index contributed by atoms with van der Waals surface area (Å²) in [7, 11) is 1.61. The largest absolute Gasteiger partial charge is 0.495 e. The molecular weight excluding hydrogens is 226 g/mol. The number of hydrogen-bond acceptors (Lipinski definition) is 2. The summed E-state index contributed by atoms with van der Waals surface area (Å²) in [5.41, 5.74) is 2.01. The minimum Gasteiger partial charge on any atom is -0.495 e. The fourth-order valence-corrected chi connectivity index (χ4v) is 2.27. The highest BCUT2D eigenvalue weighted by Gasteiger charge is 2.23. The summed E-state index contributed by atoms with van der Waals surface area (Å²) in [4.78, 5) is 12.1. The highest BCUT2D eigenvalue weighted by molar-refractivity contribution is 5.94. The number of benzene rings is 1. The summed E-state index contributed by atoms with van der Waals surface area (Å²) in [6.45, 7) is 3.97. The van der Waals surface area contributed by atoms with Crippen molar-refractivity contribution in [3.05, 3.63) is 36.4 Å². The van der Waals surface area contributed by atoms with E-state index >= 15 is 0 Å². The molecule has 0 bridgehead atoms. The second kappa shape index (κ2) is 5.71. The van der Waals surface area contributed by atoms with Crippen LogP contribution in [0.25, 0.3) is 0 Å². The number of anilines is 1. The van der Waals surface area contributed by atoms with E-state index in [1.165, 1.54) is 5.57 Å². The lowest BCUT2D eigenvalue weighted by Gasteiger charge is -2.22. The van der Waals surface area contributed by atoms with E-state index < -0.39 is 0 Å². The zero-order valence-electron chi connectivity index (χ0n) is 10.7. The number of para-hydroxylation sites is 2. The predicted octanol–water partition coefficient (Wildman–Crippen LogP) is 3.38. The van der Waals surface area contributed by atoms with Crippen molar-refractivity contribution in [2.24, 2.45) is 5.92 Å². The van der Waals surface area contributed by atoms with E-state index in [2.05, 4.69) is 11.9 Å². The Hall–Kier alpha value is -1.77. The van der Waals surface area contributed by atoms with Crippen LogP contribution in [0.1, 0.15) is 25.7 Å². The van der Waals surface area contributed by atoms with E-state index in [-0.39, 0.29) is 11.8 Å². The van der Waals surface area contributed by atoms with Crippen LogP contribution >= 0.6 is 0 Å². The molecule has 2 rings (SSSR count). The van der Waals surface area contributed by atoms with Crippen molar-refractivity contribution in [2.45, 2.75) is 25.7 Å². The lowest BCUT2D eigenvalue weighted by molar-refractivity contribution is -0.120. The van der Waals surface area contributed by atoms with Crippen LogP contribution in [0.15, 0.2) is 36.4 Å². The van der Waals surface area contributed by atoms with Gasteiger partial charge in [0.15, 0.2) is 0 Å². The number of nitrogens with one attached hydrogen (secondary N) is 1. The fourth-order valence-electron chi connectivity index (χ4n) is 2.27. The van der Waals surface area contributed by atoms with Crippen molar-refractivity contribution < 1.29 is 9.53 Å². The van der Waals surface area contributed by atoms with Gasteiger partial charge in [0.05, 0.1) is 12.8 Å². The third-order valence-electron chi connectivity index (χ3n) is 3.43. The first-order valence-electron chi connectivity index (χ1n) is 6.31. The highest BCUT2D eigenvalue weighted by Crippen LogP contribution is 2.29. The van der Waals surface area contributed by atoms with Crippen molar-refractivity contribution in [3.63, 3.8) is 0 Å². The molecule has 0 unspecified atom stereocenters. The Bertz CT molecular complexity index is 444. The summed E-state index contributed by atoms with van der Waals surface area (Å²) in [5.74, 6) is 0.887. The molecule has 1 aromatic rings. The van der Waals surface area contributed by atoms with E-state index in [0.717, 1.165) is 31.4 Å². The van der Waals surface area contributed by atoms with Gasteiger partial charge in [-0.15, -0.1) is 0 Å². The van der Waals surface area contributed by atoms with Crippen LogP contribution in [0.3, 0.4) is 0 Å². The zero-order chi connectivity index (χ0) is 13.0. The number of methoxy groups -OCH3 is 1. The van der Waals surface area contributed by atoms with E-state index in [1.807, 2.05) is 24.3 Å². The Morgan fingerprint density at radius 1 is 1.33 bits per heavy atom. The predicted molar refractivity (Wildman–Crippen MR) is 72.7 cm³/mol. The van der Waals surface area contributed by atoms with Crippen molar-refractivity contribution in [3.8, 4) is 5.75 Å². The number of carbonyl (C=O) groups is 1. The normalized spacial score (nSPS) is 16.4. The third-order valence-corrected chi connectivity index (χ3v) is 3.43. The SMILES string of the molecule is C=C1CCC(C(=O)Nc2ccccc2OC)CC1. The van der Waals surface area contributed by atoms with Gasteiger partial charge in [0.25, 0.3) is 0 Å². The van der Waals surface area contributed by atoms with Gasteiger partial charge in [-0.05, 0) is 37.8 Å². The molecule has 1 aromatic carbocycles. The second-order valence-corrected chi connectivity index (χ2v) is 4.71. The molecule has 0 atom stereocenters. The molecule has 1 amide bonds. The van der Waals surface area contributed by atoms with Gasteiger partial charge in [0.1, 0.15) is 5.75 Å². The van der Waals surface area contributed by atoms with Crippen LogP contribution in [-0.2, 0) is 4.79 Å². The molecule has 0 spiro atoms. The first kappa shape index (κ1) is 12.7. The van der Waals surface area contributed by atoms with Crippen LogP contribution in [0.5, 0.6) is 5.75 Å². The molecule has 1 N–H and O–H groups in total. The number of hydrogen-bond donors (Lipinski definition) is 1. The molecule has 0 heterocycles. The van der Waals surface area contributed by atoms with Crippen molar-refractivity contribution in [1.29, 1.82) is 0 Å². The summed E-state index contributed by atoms with van der Waals surface area (Å²) in [6, 6.07) is 7.48. The number of rotatable bonds is 3. The van der Waals surface area contributed by atoms with Gasteiger partial charge in [-0.2, -0.15) is 0 Å². The zero-order valence-corrected chi connectivity index (χ0v) is 10.7. The first-order valence-corrected chi connectivity index (χ1v) is 6.31. The first-order chi connectivity index (χ1) is 8.70. The maximum absolute atomic E-state index is 12.1. The molecule has 1 aliphatic rings. The summed E-state index contributed by atoms with van der Waals surface area (Å²) < 4.78 is 5.22. The number of allylic oxidation sites excluding steroid dienone is 1. The van der Waals surface area contributed by atoms with Crippen LogP contribution < -0.4 is 10.1 Å². The molecule has 0 radical (unpaired) electrons. The van der Waals surface area contributed by atoms with Crippen molar-refractivity contribution >= 4 is 11.6 Å². The molecular formula is C15H19NO2. The van der Waals surface area contributed by atoms with Crippen LogP contribution in [0, 0.1) is 5.92 Å². The Labute approximate surface area is 108 Å². The summed E-state index contributed by atoms with van der Waals surface area (Å²) in [5, 5.41) is 2.95. The van der Waals surface area contributed by atoms with Crippen LogP contribution in [0.4, 0.5) is 5.69 Å². The maximum Gasteiger partial charge on any atom is 0.227 e. The van der Waals surface area contributed by atoms with Gasteiger partial charge in [-0.1, -0.05) is 24.3 Å². The fraction of sp³-hybridized carbons (Fsp3) is 0.400. The maximum atomic E-state index is 12.1. The topological polar surface area (TPSA) is 38.3 Å². The van der Waals surface area contributed by atoms with Gasteiger partial charge in [-0.3, -0.25) is 4.79 Å². The monoisotopic (exact) mass is 245 g/mol. The molecule has 1 fully saturated rings. The number of ether oxygens (including phenoxy) is 1. The Morgan fingerprint density at radius 2 is 2.00 bits per heavy atom. The second-order valence-electron chi connectivity index (χ2n) is 4.71. The van der Waals surface area contributed by atoms with Gasteiger partial charge in [0.2, 0.25) is 5.91 Å². The average molecular weight is 245 g/mol. The molecule has 0 saturated heterocycles. The molecule has 96 valence electrons. The molecule has 18 heavy (non-hydrogen) atoms. The van der Waals surface area contributed by atoms with Gasteiger partial charge < -0.3 is 10.1 Å². The van der Waals surface area contributed by atoms with E-state index in [0.29, 0.717) is 5.75 Å². The summed E-state index contributed by atoms with van der Waals surface area (Å²) in [6.07, 6.45) is 3.73. The van der Waals surface area contributed by atoms with Gasteiger partial charge in [0, 0.05) is 5.92 Å². The van der Waals surface area contributed by atoms with Gasteiger partial charge in [-0.25, -0.2) is 0 Å².